The number of ether oxygens (including phenoxy) is 3. The average molecular weight is 1010 g/mol. The van der Waals surface area contributed by atoms with Gasteiger partial charge in [0.15, 0.2) is 6.10 Å². The molecule has 0 radical (unpaired) electrons. The highest BCUT2D eigenvalue weighted by Crippen LogP contribution is 2.15. The first-order valence-electron chi connectivity index (χ1n) is 30.4. The molecular weight excluding hydrogens is 901 g/mol. The first-order valence-corrected chi connectivity index (χ1v) is 30.4. The minimum Gasteiger partial charge on any atom is -0.462 e. The fraction of sp³-hybridized carbons (Fsp3) is 0.687. The Morgan fingerprint density at radius 1 is 0.288 bits per heavy atom. The van der Waals surface area contributed by atoms with Gasteiger partial charge in [0, 0.05) is 19.3 Å². The third-order valence-electron chi connectivity index (χ3n) is 12.7. The van der Waals surface area contributed by atoms with Crippen molar-refractivity contribution < 1.29 is 28.6 Å². The molecule has 416 valence electrons. The molecule has 0 aromatic heterocycles. The summed E-state index contributed by atoms with van der Waals surface area (Å²) >= 11 is 0. The van der Waals surface area contributed by atoms with Gasteiger partial charge in [0.25, 0.3) is 0 Å². The van der Waals surface area contributed by atoms with E-state index in [9.17, 15) is 14.4 Å². The minimum atomic E-state index is -0.794. The highest BCUT2D eigenvalue weighted by Gasteiger charge is 2.19. The Balaban J connectivity index is 4.42. The molecule has 1 unspecified atom stereocenters. The van der Waals surface area contributed by atoms with E-state index in [0.29, 0.717) is 19.3 Å². The molecule has 0 rings (SSSR count). The maximum Gasteiger partial charge on any atom is 0.306 e. The maximum atomic E-state index is 12.9. The van der Waals surface area contributed by atoms with Crippen LogP contribution in [0.4, 0.5) is 0 Å². The lowest BCUT2D eigenvalue weighted by molar-refractivity contribution is -0.167. The Kier molecular flexibility index (Phi) is 57.4. The second kappa shape index (κ2) is 60.6. The van der Waals surface area contributed by atoms with Gasteiger partial charge in [0.1, 0.15) is 13.2 Å². The zero-order valence-corrected chi connectivity index (χ0v) is 47.6. The Morgan fingerprint density at radius 3 is 0.836 bits per heavy atom. The van der Waals surface area contributed by atoms with Crippen LogP contribution < -0.4 is 0 Å². The zero-order chi connectivity index (χ0) is 52.9. The van der Waals surface area contributed by atoms with E-state index < -0.39 is 6.10 Å². The molecule has 0 saturated carbocycles. The summed E-state index contributed by atoms with van der Waals surface area (Å²) in [6, 6.07) is 0. The van der Waals surface area contributed by atoms with Gasteiger partial charge >= 0.3 is 17.9 Å². The Morgan fingerprint density at radius 2 is 0.534 bits per heavy atom. The van der Waals surface area contributed by atoms with E-state index >= 15 is 0 Å². The van der Waals surface area contributed by atoms with Gasteiger partial charge in [-0.15, -0.1) is 0 Å². The normalized spacial score (nSPS) is 12.9. The molecule has 6 heteroatoms. The van der Waals surface area contributed by atoms with Crippen molar-refractivity contribution in [3.63, 3.8) is 0 Å². The van der Waals surface area contributed by atoms with Gasteiger partial charge in [-0.25, -0.2) is 0 Å². The summed E-state index contributed by atoms with van der Waals surface area (Å²) in [5.74, 6) is -0.915. The van der Waals surface area contributed by atoms with Crippen LogP contribution in [0.25, 0.3) is 0 Å². The number of carbonyl (C=O) groups excluding carboxylic acids is 3. The second-order valence-electron chi connectivity index (χ2n) is 19.8. The van der Waals surface area contributed by atoms with Gasteiger partial charge in [0.2, 0.25) is 0 Å². The number of hydrogen-bond acceptors (Lipinski definition) is 6. The molecule has 0 aromatic rings. The molecule has 0 bridgehead atoms. The summed E-state index contributed by atoms with van der Waals surface area (Å²) in [4.78, 5) is 38.3. The smallest absolute Gasteiger partial charge is 0.306 e. The molecule has 0 aromatic carbocycles. The lowest BCUT2D eigenvalue weighted by Gasteiger charge is -2.18. The molecule has 6 nitrogen and oxygen atoms in total. The van der Waals surface area contributed by atoms with E-state index in [1.165, 1.54) is 103 Å². The third-order valence-corrected chi connectivity index (χ3v) is 12.7. The summed E-state index contributed by atoms with van der Waals surface area (Å²) < 4.78 is 16.9. The Bertz CT molecular complexity index is 1490. The number of unbranched alkanes of at least 4 members (excludes halogenated alkanes) is 25. The van der Waals surface area contributed by atoms with Gasteiger partial charge < -0.3 is 14.2 Å². The van der Waals surface area contributed by atoms with Crippen LogP contribution >= 0.6 is 0 Å². The van der Waals surface area contributed by atoms with Crippen LogP contribution in [0.5, 0.6) is 0 Å². The molecule has 0 heterocycles. The number of hydrogen-bond donors (Lipinski definition) is 0. The summed E-state index contributed by atoms with van der Waals surface area (Å²) in [6.45, 7) is 6.38. The molecule has 0 aliphatic carbocycles. The molecular formula is C67H112O6. The Labute approximate surface area is 450 Å². The predicted molar refractivity (Wildman–Crippen MR) is 316 cm³/mol. The van der Waals surface area contributed by atoms with Crippen LogP contribution in [0, 0.1) is 0 Å². The standard InChI is InChI=1S/C67H112O6/c1-4-7-10-13-16-19-22-25-28-30-32-33-35-36-39-42-45-48-51-54-57-60-66(69)72-63-64(62-71-65(68)59-56-53-50-47-44-41-38-27-24-21-18-15-12-9-6-3)73-67(70)61-58-55-52-49-46-43-40-37-34-31-29-26-23-20-17-14-11-8-5-2/h7,9-10,12,16-21,25-29,32-33,38,64H,4-6,8,11,13-15,22-24,30-31,34-37,39-63H2,1-3H3/b10-7-,12-9-,19-16-,20-17-,21-18-,28-25-,29-26-,33-32-,38-27-. The van der Waals surface area contributed by atoms with Crippen LogP contribution in [0.2, 0.25) is 0 Å². The van der Waals surface area contributed by atoms with E-state index in [1.54, 1.807) is 0 Å². The highest BCUT2D eigenvalue weighted by molar-refractivity contribution is 5.71. The van der Waals surface area contributed by atoms with Crippen molar-refractivity contribution in [2.24, 2.45) is 0 Å². The largest absolute Gasteiger partial charge is 0.462 e. The summed E-state index contributed by atoms with van der Waals surface area (Å²) in [6.07, 6.45) is 82.2. The van der Waals surface area contributed by atoms with Crippen molar-refractivity contribution in [3.8, 4) is 0 Å². The summed E-state index contributed by atoms with van der Waals surface area (Å²) in [7, 11) is 0. The minimum absolute atomic E-state index is 0.0906. The van der Waals surface area contributed by atoms with Crippen LogP contribution in [0.3, 0.4) is 0 Å². The van der Waals surface area contributed by atoms with Crippen molar-refractivity contribution >= 4 is 17.9 Å². The number of rotatable bonds is 54. The van der Waals surface area contributed by atoms with Crippen LogP contribution in [0.15, 0.2) is 109 Å². The van der Waals surface area contributed by atoms with E-state index in [0.717, 1.165) is 135 Å². The fourth-order valence-corrected chi connectivity index (χ4v) is 8.24. The highest BCUT2D eigenvalue weighted by atomic mass is 16.6. The SMILES string of the molecule is CC/C=C\C/C=C\C/C=C\C/C=C\CCCCCCCCCCC(=O)OCC(COC(=O)CCCCCCC/C=C\C/C=C\C/C=C\CC)OC(=O)CCCCCCCCCCC/C=C\C/C=C\CCCCC. The lowest BCUT2D eigenvalue weighted by Crippen LogP contribution is -2.30. The van der Waals surface area contributed by atoms with Crippen molar-refractivity contribution in [1.29, 1.82) is 0 Å². The quantitative estimate of drug-likeness (QED) is 0.0261. The second-order valence-corrected chi connectivity index (χ2v) is 19.8. The lowest BCUT2D eigenvalue weighted by atomic mass is 10.1. The molecule has 0 amide bonds. The van der Waals surface area contributed by atoms with Gasteiger partial charge in [-0.2, -0.15) is 0 Å². The van der Waals surface area contributed by atoms with Crippen molar-refractivity contribution in [2.45, 2.75) is 284 Å². The van der Waals surface area contributed by atoms with E-state index in [-0.39, 0.29) is 31.1 Å². The molecule has 0 saturated heterocycles. The molecule has 0 N–H and O–H groups in total. The van der Waals surface area contributed by atoms with Crippen LogP contribution in [-0.4, -0.2) is 37.2 Å². The molecule has 0 aliphatic heterocycles. The topological polar surface area (TPSA) is 78.9 Å². The van der Waals surface area contributed by atoms with Crippen molar-refractivity contribution in [2.75, 3.05) is 13.2 Å². The van der Waals surface area contributed by atoms with Gasteiger partial charge in [0.05, 0.1) is 0 Å². The average Bonchev–Trinajstić information content (AvgIpc) is 3.39. The van der Waals surface area contributed by atoms with Gasteiger partial charge in [-0.3, -0.25) is 14.4 Å². The first-order chi connectivity index (χ1) is 36.0. The number of esters is 3. The number of allylic oxidation sites excluding steroid dienone is 18. The summed E-state index contributed by atoms with van der Waals surface area (Å²) in [5, 5.41) is 0. The van der Waals surface area contributed by atoms with E-state index in [2.05, 4.69) is 130 Å². The van der Waals surface area contributed by atoms with Gasteiger partial charge in [-0.1, -0.05) is 246 Å². The monoisotopic (exact) mass is 1010 g/mol. The maximum absolute atomic E-state index is 12.9. The predicted octanol–water partition coefficient (Wildman–Crippen LogP) is 20.7. The van der Waals surface area contributed by atoms with Crippen molar-refractivity contribution in [3.05, 3.63) is 109 Å². The zero-order valence-electron chi connectivity index (χ0n) is 47.6. The molecule has 0 fully saturated rings. The third kappa shape index (κ3) is 58.8. The molecule has 0 spiro atoms. The Hall–Kier alpha value is -3.93. The molecule has 1 atom stereocenters. The first kappa shape index (κ1) is 69.1. The summed E-state index contributed by atoms with van der Waals surface area (Å²) in [5.41, 5.74) is 0. The molecule has 73 heavy (non-hydrogen) atoms. The van der Waals surface area contributed by atoms with Gasteiger partial charge in [-0.05, 0) is 122 Å². The van der Waals surface area contributed by atoms with Crippen LogP contribution in [-0.2, 0) is 28.6 Å². The van der Waals surface area contributed by atoms with Crippen molar-refractivity contribution in [1.82, 2.24) is 0 Å². The van der Waals surface area contributed by atoms with E-state index in [1.807, 2.05) is 0 Å². The fourth-order valence-electron chi connectivity index (χ4n) is 8.24. The van der Waals surface area contributed by atoms with Crippen LogP contribution in [0.1, 0.15) is 278 Å². The number of carbonyl (C=O) groups is 3. The van der Waals surface area contributed by atoms with E-state index in [4.69, 9.17) is 14.2 Å². The molecule has 0 aliphatic rings.